The maximum absolute atomic E-state index is 5.68. The zero-order chi connectivity index (χ0) is 23.5. The summed E-state index contributed by atoms with van der Waals surface area (Å²) in [6.07, 6.45) is 12.1. The standard InChI is InChI=1S/C25H39N8.BrH.2ClH/c1-3-13-30-17-18-31(14-4-2)24-21-22(9-10-23(24)30)28-29-25-32(15-7-5-11-26)19-20-33(25)16-8-6-12-27;;;/h3-4,9-10,19-21H,1-2,5-8,11-18,26-27H2;3*1H/q+1;;;. The van der Waals surface area contributed by atoms with Crippen LogP contribution in [0.3, 0.4) is 0 Å². The Morgan fingerprint density at radius 2 is 1.53 bits per heavy atom. The summed E-state index contributed by atoms with van der Waals surface area (Å²) in [5.74, 6) is 0.859. The second-order valence-corrected chi connectivity index (χ2v) is 8.32. The first-order valence-corrected chi connectivity index (χ1v) is 12.0. The first-order valence-electron chi connectivity index (χ1n) is 12.0. The fourth-order valence-corrected chi connectivity index (χ4v) is 4.15. The maximum Gasteiger partial charge on any atom is 0.421 e. The monoisotopic (exact) mass is 603 g/mol. The van der Waals surface area contributed by atoms with E-state index in [1.54, 1.807) is 0 Å². The van der Waals surface area contributed by atoms with Gasteiger partial charge in [-0.1, -0.05) is 17.3 Å². The van der Waals surface area contributed by atoms with Gasteiger partial charge in [0.25, 0.3) is 0 Å². The van der Waals surface area contributed by atoms with Crippen LogP contribution in [0.4, 0.5) is 23.0 Å². The van der Waals surface area contributed by atoms with Gasteiger partial charge in [0.2, 0.25) is 0 Å². The largest absolute Gasteiger partial charge is 0.421 e. The molecule has 1 aliphatic heterocycles. The highest BCUT2D eigenvalue weighted by molar-refractivity contribution is 8.93. The zero-order valence-electron chi connectivity index (χ0n) is 21.0. The first kappa shape index (κ1) is 34.1. The molecule has 0 fully saturated rings. The van der Waals surface area contributed by atoms with Crippen molar-refractivity contribution in [1.29, 1.82) is 0 Å². The van der Waals surface area contributed by atoms with Gasteiger partial charge < -0.3 is 21.3 Å². The summed E-state index contributed by atoms with van der Waals surface area (Å²) in [4.78, 5) is 4.68. The molecule has 1 aromatic heterocycles. The molecule has 0 saturated heterocycles. The molecule has 2 heterocycles. The number of rotatable bonds is 14. The first-order chi connectivity index (χ1) is 16.2. The van der Waals surface area contributed by atoms with Crippen molar-refractivity contribution in [2.75, 3.05) is 49.1 Å². The summed E-state index contributed by atoms with van der Waals surface area (Å²) in [6, 6.07) is 6.30. The predicted octanol–water partition coefficient (Wildman–Crippen LogP) is 5.09. The van der Waals surface area contributed by atoms with Crippen LogP contribution in [-0.4, -0.2) is 43.8 Å². The van der Waals surface area contributed by atoms with Gasteiger partial charge >= 0.3 is 5.95 Å². The number of azo groups is 1. The van der Waals surface area contributed by atoms with E-state index in [1.165, 1.54) is 5.69 Å². The number of aryl methyl sites for hydroxylation is 2. The van der Waals surface area contributed by atoms with Crippen LogP contribution in [0.15, 0.2) is 66.1 Å². The topological polar surface area (TPSA) is 92.0 Å². The van der Waals surface area contributed by atoms with E-state index in [0.29, 0.717) is 13.1 Å². The van der Waals surface area contributed by atoms with Crippen LogP contribution in [0.1, 0.15) is 25.7 Å². The minimum atomic E-state index is 0. The third kappa shape index (κ3) is 9.19. The van der Waals surface area contributed by atoms with E-state index in [0.717, 1.165) is 82.3 Å². The Kier molecular flexibility index (Phi) is 17.4. The highest BCUT2D eigenvalue weighted by atomic mass is 79.9. The fourth-order valence-electron chi connectivity index (χ4n) is 4.15. The number of benzene rings is 1. The van der Waals surface area contributed by atoms with E-state index in [-0.39, 0.29) is 41.8 Å². The van der Waals surface area contributed by atoms with Gasteiger partial charge in [0.1, 0.15) is 5.69 Å². The number of nitrogens with zero attached hydrogens (tertiary/aromatic N) is 6. The smallest absolute Gasteiger partial charge is 0.364 e. The average molecular weight is 605 g/mol. The van der Waals surface area contributed by atoms with Gasteiger partial charge in [0.05, 0.1) is 36.9 Å². The van der Waals surface area contributed by atoms with Crippen LogP contribution < -0.4 is 25.8 Å². The highest BCUT2D eigenvalue weighted by Crippen LogP contribution is 2.36. The summed E-state index contributed by atoms with van der Waals surface area (Å²) in [7, 11) is 0. The second kappa shape index (κ2) is 18.4. The predicted molar refractivity (Wildman–Crippen MR) is 161 cm³/mol. The van der Waals surface area contributed by atoms with Crippen LogP contribution in [0.2, 0.25) is 0 Å². The molecule has 0 radical (unpaired) electrons. The normalized spacial score (nSPS) is 12.4. The molecule has 0 atom stereocenters. The van der Waals surface area contributed by atoms with Crippen LogP contribution in [0.25, 0.3) is 0 Å². The number of anilines is 2. The average Bonchev–Trinajstić information content (AvgIpc) is 3.21. The number of nitrogens with two attached hydrogens (primary N) is 2. The van der Waals surface area contributed by atoms with Gasteiger partial charge in [-0.15, -0.1) is 55.0 Å². The Balaban J connectivity index is 0.00000408. The molecule has 0 spiro atoms. The fraction of sp³-hybridized carbons (Fsp3) is 0.480. The zero-order valence-corrected chi connectivity index (χ0v) is 24.3. The summed E-state index contributed by atoms with van der Waals surface area (Å²) in [5.41, 5.74) is 14.6. The van der Waals surface area contributed by atoms with Crippen molar-refractivity contribution >= 4 is 64.8 Å². The lowest BCUT2D eigenvalue weighted by atomic mass is 10.1. The van der Waals surface area contributed by atoms with E-state index in [4.69, 9.17) is 11.5 Å². The van der Waals surface area contributed by atoms with Crippen molar-refractivity contribution in [3.63, 3.8) is 0 Å². The Hall–Kier alpha value is -1.91. The minimum absolute atomic E-state index is 0. The molecule has 0 saturated carbocycles. The van der Waals surface area contributed by atoms with Crippen molar-refractivity contribution in [2.24, 2.45) is 21.7 Å². The van der Waals surface area contributed by atoms with Crippen molar-refractivity contribution in [3.8, 4) is 0 Å². The number of halogens is 3. The lowest BCUT2D eigenvalue weighted by molar-refractivity contribution is -0.684. The Bertz CT molecular complexity index is 923. The van der Waals surface area contributed by atoms with E-state index >= 15 is 0 Å². The Labute approximate surface area is 238 Å². The van der Waals surface area contributed by atoms with Crippen LogP contribution in [-0.2, 0) is 13.1 Å². The van der Waals surface area contributed by atoms with Gasteiger partial charge in [-0.3, -0.25) is 0 Å². The summed E-state index contributed by atoms with van der Waals surface area (Å²) >= 11 is 0. The molecule has 11 heteroatoms. The lowest BCUT2D eigenvalue weighted by Crippen LogP contribution is -2.41. The molecule has 1 aromatic carbocycles. The molecule has 4 N–H and O–H groups in total. The number of hydrogen-bond acceptors (Lipinski definition) is 6. The lowest BCUT2D eigenvalue weighted by Gasteiger charge is -2.38. The van der Waals surface area contributed by atoms with Crippen molar-refractivity contribution < 1.29 is 4.57 Å². The van der Waals surface area contributed by atoms with Crippen LogP contribution in [0.5, 0.6) is 0 Å². The molecule has 0 bridgehead atoms. The summed E-state index contributed by atoms with van der Waals surface area (Å²) in [6.45, 7) is 14.5. The molecule has 0 aliphatic carbocycles. The molecular formula is C25H42BrCl2N8+. The Morgan fingerprint density at radius 1 is 0.889 bits per heavy atom. The third-order valence-corrected chi connectivity index (χ3v) is 5.88. The van der Waals surface area contributed by atoms with Gasteiger partial charge in [0.15, 0.2) is 0 Å². The summed E-state index contributed by atoms with van der Waals surface area (Å²) in [5, 5.41) is 9.33. The molecule has 3 rings (SSSR count). The summed E-state index contributed by atoms with van der Waals surface area (Å²) < 4.78 is 4.33. The van der Waals surface area contributed by atoms with E-state index in [9.17, 15) is 0 Å². The van der Waals surface area contributed by atoms with Crippen LogP contribution in [0, 0.1) is 0 Å². The van der Waals surface area contributed by atoms with E-state index in [1.807, 2.05) is 18.2 Å². The number of hydrogen-bond donors (Lipinski definition) is 2. The number of fused-ring (bicyclic) bond motifs is 1. The molecule has 2 aromatic rings. The van der Waals surface area contributed by atoms with E-state index < -0.39 is 0 Å². The van der Waals surface area contributed by atoms with Crippen LogP contribution >= 0.6 is 41.8 Å². The molecule has 202 valence electrons. The van der Waals surface area contributed by atoms with Gasteiger partial charge in [0, 0.05) is 31.3 Å². The SMILES string of the molecule is Br.C=CCN1CCN(CC=C)c2cc(N=Nc3n(CCCCN)cc[n+]3CCCCN)ccc21.Cl.Cl. The van der Waals surface area contributed by atoms with Crippen molar-refractivity contribution in [3.05, 3.63) is 55.9 Å². The molecule has 1 aliphatic rings. The Morgan fingerprint density at radius 3 is 2.17 bits per heavy atom. The van der Waals surface area contributed by atoms with Crippen molar-refractivity contribution in [2.45, 2.75) is 38.8 Å². The minimum Gasteiger partial charge on any atom is -0.364 e. The molecule has 0 unspecified atom stereocenters. The van der Waals surface area contributed by atoms with Gasteiger partial charge in [-0.05, 0) is 57.0 Å². The van der Waals surface area contributed by atoms with Crippen molar-refractivity contribution in [1.82, 2.24) is 4.57 Å². The molecule has 0 amide bonds. The number of unbranched alkanes of at least 4 members (excludes halogenated alkanes) is 2. The number of imidazole rings is 1. The van der Waals surface area contributed by atoms with E-state index in [2.05, 4.69) is 66.8 Å². The number of aromatic nitrogens is 2. The molecular weight excluding hydrogens is 563 g/mol. The molecule has 8 nitrogen and oxygen atoms in total. The third-order valence-electron chi connectivity index (χ3n) is 5.88. The maximum atomic E-state index is 5.68. The highest BCUT2D eigenvalue weighted by Gasteiger charge is 2.22. The second-order valence-electron chi connectivity index (χ2n) is 8.32. The quantitative estimate of drug-likeness (QED) is 0.136. The van der Waals surface area contributed by atoms with Gasteiger partial charge in [-0.25, -0.2) is 9.13 Å². The molecule has 36 heavy (non-hydrogen) atoms. The van der Waals surface area contributed by atoms with Gasteiger partial charge in [-0.2, -0.15) is 0 Å².